The number of aryl methyl sites for hydroxylation is 1. The van der Waals surface area contributed by atoms with Crippen LogP contribution in [0.15, 0.2) is 10.6 Å². The number of aromatic nitrogens is 1. The van der Waals surface area contributed by atoms with Crippen LogP contribution in [0.25, 0.3) is 0 Å². The molecule has 1 aromatic rings. The van der Waals surface area contributed by atoms with E-state index >= 15 is 0 Å². The van der Waals surface area contributed by atoms with Crippen molar-refractivity contribution in [1.82, 2.24) is 10.1 Å². The minimum atomic E-state index is 0.292. The number of hydrogen-bond acceptors (Lipinski definition) is 4. The van der Waals surface area contributed by atoms with Gasteiger partial charge in [-0.25, -0.2) is 0 Å². The van der Waals surface area contributed by atoms with Gasteiger partial charge in [-0.05, 0) is 19.8 Å². The van der Waals surface area contributed by atoms with E-state index in [1.807, 2.05) is 17.9 Å². The molecule has 0 unspecified atom stereocenters. The van der Waals surface area contributed by atoms with Gasteiger partial charge in [0.05, 0.1) is 0 Å². The van der Waals surface area contributed by atoms with Crippen LogP contribution in [-0.4, -0.2) is 42.1 Å². The molecule has 0 radical (unpaired) electrons. The summed E-state index contributed by atoms with van der Waals surface area (Å²) in [5, 5.41) is 4.03. The summed E-state index contributed by atoms with van der Waals surface area (Å²) in [5.41, 5.74) is 0. The molecular formula is C14H21N3O2. The van der Waals surface area contributed by atoms with Gasteiger partial charge in [0.1, 0.15) is 5.76 Å². The van der Waals surface area contributed by atoms with Gasteiger partial charge >= 0.3 is 0 Å². The number of hydrogen-bond donors (Lipinski definition) is 0. The summed E-state index contributed by atoms with van der Waals surface area (Å²) in [7, 11) is 0. The van der Waals surface area contributed by atoms with Gasteiger partial charge in [-0.15, -0.1) is 0 Å². The van der Waals surface area contributed by atoms with Gasteiger partial charge in [0.15, 0.2) is 5.82 Å². The average molecular weight is 263 g/mol. The van der Waals surface area contributed by atoms with E-state index in [4.69, 9.17) is 4.52 Å². The largest absolute Gasteiger partial charge is 0.360 e. The molecule has 1 amide bonds. The van der Waals surface area contributed by atoms with E-state index in [2.05, 4.69) is 10.1 Å². The molecule has 0 aromatic carbocycles. The third kappa shape index (κ3) is 2.60. The second-order valence-corrected chi connectivity index (χ2v) is 5.59. The topological polar surface area (TPSA) is 49.6 Å². The smallest absolute Gasteiger partial charge is 0.225 e. The molecule has 1 aliphatic heterocycles. The second-order valence-electron chi connectivity index (χ2n) is 5.59. The Morgan fingerprint density at radius 1 is 1.26 bits per heavy atom. The fourth-order valence-corrected chi connectivity index (χ4v) is 3.09. The van der Waals surface area contributed by atoms with Crippen LogP contribution in [0.1, 0.15) is 31.4 Å². The van der Waals surface area contributed by atoms with Gasteiger partial charge < -0.3 is 14.3 Å². The molecule has 5 heteroatoms. The van der Waals surface area contributed by atoms with E-state index in [-0.39, 0.29) is 0 Å². The minimum absolute atomic E-state index is 0.292. The van der Waals surface area contributed by atoms with Gasteiger partial charge in [0.25, 0.3) is 0 Å². The highest BCUT2D eigenvalue weighted by Crippen LogP contribution is 2.27. The summed E-state index contributed by atoms with van der Waals surface area (Å²) in [6.07, 6.45) is 4.60. The van der Waals surface area contributed by atoms with Crippen molar-refractivity contribution in [2.24, 2.45) is 5.92 Å². The fourth-order valence-electron chi connectivity index (χ4n) is 3.09. The molecule has 1 aromatic heterocycles. The van der Waals surface area contributed by atoms with E-state index < -0.39 is 0 Å². The molecule has 0 atom stereocenters. The predicted molar refractivity (Wildman–Crippen MR) is 72.0 cm³/mol. The Morgan fingerprint density at radius 3 is 2.53 bits per heavy atom. The molecule has 2 heterocycles. The van der Waals surface area contributed by atoms with Crippen LogP contribution in [0.3, 0.4) is 0 Å². The van der Waals surface area contributed by atoms with E-state index in [1.165, 1.54) is 12.8 Å². The third-order valence-electron chi connectivity index (χ3n) is 4.24. The molecule has 0 spiro atoms. The summed E-state index contributed by atoms with van der Waals surface area (Å²) >= 11 is 0. The first-order chi connectivity index (χ1) is 9.24. The number of rotatable bonds is 2. The average Bonchev–Trinajstić information content (AvgIpc) is 3.09. The Bertz CT molecular complexity index is 443. The molecule has 1 aliphatic carbocycles. The van der Waals surface area contributed by atoms with Crippen LogP contribution >= 0.6 is 0 Å². The molecule has 104 valence electrons. The molecule has 2 fully saturated rings. The van der Waals surface area contributed by atoms with Crippen LogP contribution in [0.5, 0.6) is 0 Å². The minimum Gasteiger partial charge on any atom is -0.360 e. The maximum absolute atomic E-state index is 12.3. The zero-order chi connectivity index (χ0) is 13.2. The maximum atomic E-state index is 12.3. The number of carbonyl (C=O) groups is 1. The number of piperazine rings is 1. The number of nitrogens with zero attached hydrogens (tertiary/aromatic N) is 3. The van der Waals surface area contributed by atoms with Crippen molar-refractivity contribution < 1.29 is 9.32 Å². The maximum Gasteiger partial charge on any atom is 0.225 e. The van der Waals surface area contributed by atoms with Crippen LogP contribution < -0.4 is 4.90 Å². The first kappa shape index (κ1) is 12.5. The van der Waals surface area contributed by atoms with Crippen LogP contribution in [0.4, 0.5) is 5.82 Å². The van der Waals surface area contributed by atoms with Gasteiger partial charge in [-0.2, -0.15) is 0 Å². The Hall–Kier alpha value is -1.52. The van der Waals surface area contributed by atoms with Gasteiger partial charge in [-0.3, -0.25) is 4.79 Å². The Morgan fingerprint density at radius 2 is 1.95 bits per heavy atom. The van der Waals surface area contributed by atoms with Crippen molar-refractivity contribution >= 4 is 11.7 Å². The third-order valence-corrected chi connectivity index (χ3v) is 4.24. The Labute approximate surface area is 113 Å². The molecule has 19 heavy (non-hydrogen) atoms. The summed E-state index contributed by atoms with van der Waals surface area (Å²) in [6.45, 7) is 5.22. The zero-order valence-electron chi connectivity index (χ0n) is 11.5. The summed E-state index contributed by atoms with van der Waals surface area (Å²) in [6, 6.07) is 1.95. The fraction of sp³-hybridized carbons (Fsp3) is 0.714. The lowest BCUT2D eigenvalue weighted by molar-refractivity contribution is -0.135. The normalized spacial score (nSPS) is 21.1. The number of amides is 1. The molecular weight excluding hydrogens is 242 g/mol. The lowest BCUT2D eigenvalue weighted by Gasteiger charge is -2.35. The first-order valence-electron chi connectivity index (χ1n) is 7.21. The quantitative estimate of drug-likeness (QED) is 0.816. The lowest BCUT2D eigenvalue weighted by atomic mass is 10.1. The summed E-state index contributed by atoms with van der Waals surface area (Å²) in [4.78, 5) is 16.5. The Kier molecular flexibility index (Phi) is 3.44. The molecule has 3 rings (SSSR count). The van der Waals surface area contributed by atoms with E-state index in [0.29, 0.717) is 11.8 Å². The van der Waals surface area contributed by atoms with E-state index in [9.17, 15) is 4.79 Å². The Balaban J connectivity index is 1.55. The zero-order valence-corrected chi connectivity index (χ0v) is 11.5. The van der Waals surface area contributed by atoms with Crippen molar-refractivity contribution in [2.75, 3.05) is 31.1 Å². The van der Waals surface area contributed by atoms with Crippen LogP contribution in [-0.2, 0) is 4.79 Å². The van der Waals surface area contributed by atoms with E-state index in [1.54, 1.807) is 0 Å². The molecule has 1 saturated carbocycles. The predicted octanol–water partition coefficient (Wildman–Crippen LogP) is 1.82. The van der Waals surface area contributed by atoms with E-state index in [0.717, 1.165) is 50.6 Å². The highest BCUT2D eigenvalue weighted by Gasteiger charge is 2.29. The van der Waals surface area contributed by atoms with Crippen molar-refractivity contribution in [1.29, 1.82) is 0 Å². The first-order valence-corrected chi connectivity index (χ1v) is 7.21. The van der Waals surface area contributed by atoms with Crippen molar-refractivity contribution in [3.8, 4) is 0 Å². The second kappa shape index (κ2) is 5.23. The monoisotopic (exact) mass is 263 g/mol. The molecule has 5 nitrogen and oxygen atoms in total. The van der Waals surface area contributed by atoms with Gasteiger partial charge in [0, 0.05) is 38.2 Å². The van der Waals surface area contributed by atoms with Crippen molar-refractivity contribution in [2.45, 2.75) is 32.6 Å². The summed E-state index contributed by atoms with van der Waals surface area (Å²) in [5.74, 6) is 2.39. The van der Waals surface area contributed by atoms with Gasteiger partial charge in [0.2, 0.25) is 5.91 Å². The SMILES string of the molecule is Cc1cc(N2CCN(C(=O)C3CCCC3)CC2)no1. The lowest BCUT2D eigenvalue weighted by Crippen LogP contribution is -2.50. The molecule has 0 bridgehead atoms. The highest BCUT2D eigenvalue weighted by atomic mass is 16.5. The van der Waals surface area contributed by atoms with Crippen LogP contribution in [0, 0.1) is 12.8 Å². The highest BCUT2D eigenvalue weighted by molar-refractivity contribution is 5.79. The van der Waals surface area contributed by atoms with Crippen molar-refractivity contribution in [3.05, 3.63) is 11.8 Å². The van der Waals surface area contributed by atoms with Crippen LogP contribution in [0.2, 0.25) is 0 Å². The van der Waals surface area contributed by atoms with Crippen molar-refractivity contribution in [3.63, 3.8) is 0 Å². The standard InChI is InChI=1S/C14H21N3O2/c1-11-10-13(15-19-11)16-6-8-17(9-7-16)14(18)12-4-2-3-5-12/h10,12H,2-9H2,1H3. The molecule has 0 N–H and O–H groups in total. The van der Waals surface area contributed by atoms with Gasteiger partial charge in [-0.1, -0.05) is 18.0 Å². The molecule has 1 saturated heterocycles. The molecule has 2 aliphatic rings. The number of anilines is 1. The number of carbonyl (C=O) groups excluding carboxylic acids is 1. The summed E-state index contributed by atoms with van der Waals surface area (Å²) < 4.78 is 5.10.